The fourth-order valence-corrected chi connectivity index (χ4v) is 3.42. The summed E-state index contributed by atoms with van der Waals surface area (Å²) in [5, 5.41) is 7.79. The number of anilines is 1. The molecule has 0 bridgehead atoms. The van der Waals surface area contributed by atoms with Crippen molar-refractivity contribution in [3.05, 3.63) is 47.5 Å². The molecule has 0 atom stereocenters. The molecule has 3 aromatic rings. The van der Waals surface area contributed by atoms with Gasteiger partial charge >= 0.3 is 0 Å². The molecule has 0 spiro atoms. The molecule has 2 N–H and O–H groups in total. The summed E-state index contributed by atoms with van der Waals surface area (Å²) in [6, 6.07) is 11.0. The highest BCUT2D eigenvalue weighted by atomic mass is 32.1. The molecule has 0 aliphatic heterocycles. The predicted octanol–water partition coefficient (Wildman–Crippen LogP) is 4.24. The Labute approximate surface area is 184 Å². The Morgan fingerprint density at radius 3 is 2.65 bits per heavy atom. The Morgan fingerprint density at radius 1 is 1.13 bits per heavy atom. The second-order valence-electron chi connectivity index (χ2n) is 6.59. The molecule has 3 rings (SSSR count). The van der Waals surface area contributed by atoms with Crippen molar-refractivity contribution in [3.8, 4) is 23.0 Å². The summed E-state index contributed by atoms with van der Waals surface area (Å²) >= 11 is 1.32. The number of furan rings is 1. The molecule has 8 nitrogen and oxygen atoms in total. The minimum Gasteiger partial charge on any atom is -0.490 e. The van der Waals surface area contributed by atoms with Gasteiger partial charge in [-0.1, -0.05) is 12.1 Å². The molecule has 0 fully saturated rings. The number of para-hydroxylation sites is 2. The molecule has 0 saturated heterocycles. The minimum atomic E-state index is -0.131. The quantitative estimate of drug-likeness (QED) is 0.430. The van der Waals surface area contributed by atoms with E-state index in [4.69, 9.17) is 13.9 Å². The average molecular weight is 444 g/mol. The second-order valence-corrected chi connectivity index (χ2v) is 7.45. The monoisotopic (exact) mass is 443 g/mol. The fourth-order valence-electron chi connectivity index (χ4n) is 2.71. The molecule has 2 aromatic heterocycles. The summed E-state index contributed by atoms with van der Waals surface area (Å²) in [7, 11) is 0. The van der Waals surface area contributed by atoms with Crippen molar-refractivity contribution in [3.63, 3.8) is 0 Å². The van der Waals surface area contributed by atoms with Gasteiger partial charge in [0.2, 0.25) is 11.8 Å². The minimum absolute atomic E-state index is 0.125. The van der Waals surface area contributed by atoms with Crippen LogP contribution in [-0.4, -0.2) is 30.0 Å². The van der Waals surface area contributed by atoms with Crippen LogP contribution in [0, 0.1) is 0 Å². The zero-order valence-electron chi connectivity index (χ0n) is 17.5. The number of nitrogens with one attached hydrogen (secondary N) is 2. The number of thiazole rings is 1. The van der Waals surface area contributed by atoms with Crippen molar-refractivity contribution in [1.82, 2.24) is 10.3 Å². The number of benzene rings is 1. The zero-order chi connectivity index (χ0) is 22.1. The van der Waals surface area contributed by atoms with Crippen LogP contribution in [0.5, 0.6) is 11.5 Å². The van der Waals surface area contributed by atoms with Crippen LogP contribution in [0.2, 0.25) is 0 Å². The van der Waals surface area contributed by atoms with Gasteiger partial charge in [0, 0.05) is 18.7 Å². The summed E-state index contributed by atoms with van der Waals surface area (Å²) < 4.78 is 16.9. The lowest BCUT2D eigenvalue weighted by atomic mass is 10.3. The third-order valence-electron chi connectivity index (χ3n) is 4.13. The smallest absolute Gasteiger partial charge is 0.226 e. The van der Waals surface area contributed by atoms with Crippen molar-refractivity contribution < 1.29 is 23.5 Å². The summed E-state index contributed by atoms with van der Waals surface area (Å²) in [4.78, 5) is 27.6. The van der Waals surface area contributed by atoms with Crippen LogP contribution in [0.3, 0.4) is 0 Å². The SMILES string of the molecule is CCOc1ccccc1OCCCC(=O)Nc1nc(-c2ccc(CNC(C)=O)o2)cs1. The third kappa shape index (κ3) is 6.85. The molecule has 0 aliphatic carbocycles. The number of rotatable bonds is 11. The van der Waals surface area contributed by atoms with E-state index in [9.17, 15) is 9.59 Å². The molecular weight excluding hydrogens is 418 g/mol. The maximum atomic E-state index is 12.2. The van der Waals surface area contributed by atoms with Gasteiger partial charge in [-0.25, -0.2) is 4.98 Å². The molecule has 2 heterocycles. The molecule has 2 amide bonds. The van der Waals surface area contributed by atoms with E-state index in [0.29, 0.717) is 66.4 Å². The second kappa shape index (κ2) is 11.2. The molecular formula is C22H25N3O5S. The van der Waals surface area contributed by atoms with Gasteiger partial charge in [0.15, 0.2) is 22.4 Å². The Hall–Kier alpha value is -3.33. The maximum Gasteiger partial charge on any atom is 0.226 e. The summed E-state index contributed by atoms with van der Waals surface area (Å²) in [6.07, 6.45) is 0.878. The Morgan fingerprint density at radius 2 is 1.90 bits per heavy atom. The van der Waals surface area contributed by atoms with E-state index in [-0.39, 0.29) is 11.8 Å². The molecule has 0 saturated carbocycles. The van der Waals surface area contributed by atoms with Crippen molar-refractivity contribution in [1.29, 1.82) is 0 Å². The Kier molecular flexibility index (Phi) is 8.05. The van der Waals surface area contributed by atoms with Gasteiger partial charge in [0.25, 0.3) is 0 Å². The Balaban J connectivity index is 1.43. The van der Waals surface area contributed by atoms with Crippen LogP contribution in [0.1, 0.15) is 32.4 Å². The lowest BCUT2D eigenvalue weighted by Crippen LogP contribution is -2.18. The molecule has 0 unspecified atom stereocenters. The number of aromatic nitrogens is 1. The molecule has 31 heavy (non-hydrogen) atoms. The van der Waals surface area contributed by atoms with Crippen LogP contribution >= 0.6 is 11.3 Å². The molecule has 9 heteroatoms. The first-order valence-electron chi connectivity index (χ1n) is 9.98. The normalized spacial score (nSPS) is 10.5. The number of ether oxygens (including phenoxy) is 2. The van der Waals surface area contributed by atoms with Gasteiger partial charge in [0.1, 0.15) is 11.5 Å². The first kappa shape index (κ1) is 22.4. The van der Waals surface area contributed by atoms with Crippen molar-refractivity contribution in [2.75, 3.05) is 18.5 Å². The van der Waals surface area contributed by atoms with E-state index >= 15 is 0 Å². The largest absolute Gasteiger partial charge is 0.490 e. The van der Waals surface area contributed by atoms with E-state index in [1.54, 1.807) is 12.1 Å². The number of nitrogens with zero attached hydrogens (tertiary/aromatic N) is 1. The number of hydrogen-bond acceptors (Lipinski definition) is 7. The van der Waals surface area contributed by atoms with Gasteiger partial charge in [-0.2, -0.15) is 0 Å². The summed E-state index contributed by atoms with van der Waals surface area (Å²) in [6.45, 7) is 4.66. The lowest BCUT2D eigenvalue weighted by molar-refractivity contribution is -0.119. The fraction of sp³-hybridized carbons (Fsp3) is 0.318. The standard InChI is InChI=1S/C22H25N3O5S/c1-3-28-19-7-4-5-8-20(19)29-12-6-9-21(27)25-22-24-17(14-31-22)18-11-10-16(30-18)13-23-15(2)26/h4-5,7-8,10-11,14H,3,6,9,12-13H2,1-2H3,(H,23,26)(H,24,25,27). The first-order chi connectivity index (χ1) is 15.0. The van der Waals surface area contributed by atoms with Gasteiger partial charge in [-0.15, -0.1) is 11.3 Å². The van der Waals surface area contributed by atoms with Gasteiger partial charge < -0.3 is 24.5 Å². The van der Waals surface area contributed by atoms with Gasteiger partial charge in [-0.3, -0.25) is 9.59 Å². The highest BCUT2D eigenvalue weighted by Gasteiger charge is 2.12. The third-order valence-corrected chi connectivity index (χ3v) is 4.89. The average Bonchev–Trinajstić information content (AvgIpc) is 3.40. The van der Waals surface area contributed by atoms with E-state index in [1.807, 2.05) is 36.6 Å². The van der Waals surface area contributed by atoms with Crippen LogP contribution in [0.15, 0.2) is 46.2 Å². The van der Waals surface area contributed by atoms with E-state index < -0.39 is 0 Å². The van der Waals surface area contributed by atoms with Crippen LogP contribution < -0.4 is 20.1 Å². The van der Waals surface area contributed by atoms with Crippen LogP contribution in [0.25, 0.3) is 11.5 Å². The molecule has 164 valence electrons. The van der Waals surface area contributed by atoms with E-state index in [1.165, 1.54) is 18.3 Å². The molecule has 0 aliphatic rings. The number of hydrogen-bond donors (Lipinski definition) is 2. The maximum absolute atomic E-state index is 12.2. The lowest BCUT2D eigenvalue weighted by Gasteiger charge is -2.11. The van der Waals surface area contributed by atoms with Gasteiger partial charge in [0.05, 0.1) is 19.8 Å². The Bertz CT molecular complexity index is 1010. The van der Waals surface area contributed by atoms with Crippen molar-refractivity contribution in [2.45, 2.75) is 33.2 Å². The topological polar surface area (TPSA) is 103 Å². The highest BCUT2D eigenvalue weighted by Crippen LogP contribution is 2.28. The van der Waals surface area contributed by atoms with Crippen LogP contribution in [0.4, 0.5) is 5.13 Å². The number of carbonyl (C=O) groups is 2. The number of carbonyl (C=O) groups excluding carboxylic acids is 2. The van der Waals surface area contributed by atoms with Crippen molar-refractivity contribution in [2.24, 2.45) is 0 Å². The van der Waals surface area contributed by atoms with Crippen LogP contribution in [-0.2, 0) is 16.1 Å². The highest BCUT2D eigenvalue weighted by molar-refractivity contribution is 7.14. The summed E-state index contributed by atoms with van der Waals surface area (Å²) in [5.74, 6) is 2.33. The van der Waals surface area contributed by atoms with E-state index in [2.05, 4.69) is 15.6 Å². The zero-order valence-corrected chi connectivity index (χ0v) is 18.3. The summed E-state index contributed by atoms with van der Waals surface area (Å²) in [5.41, 5.74) is 0.630. The number of amides is 2. The van der Waals surface area contributed by atoms with E-state index in [0.717, 1.165) is 0 Å². The van der Waals surface area contributed by atoms with Crippen molar-refractivity contribution >= 4 is 28.3 Å². The first-order valence-corrected chi connectivity index (χ1v) is 10.9. The molecule has 0 radical (unpaired) electrons. The predicted molar refractivity (Wildman–Crippen MR) is 118 cm³/mol. The van der Waals surface area contributed by atoms with Gasteiger partial charge in [-0.05, 0) is 37.6 Å². The molecule has 1 aromatic carbocycles.